The maximum Gasteiger partial charge on any atom is 0.412 e. The second-order valence-electron chi connectivity index (χ2n) is 5.75. The van der Waals surface area contributed by atoms with E-state index in [1.54, 1.807) is 0 Å². The summed E-state index contributed by atoms with van der Waals surface area (Å²) in [5, 5.41) is 2.68. The molecule has 0 saturated heterocycles. The average Bonchev–Trinajstić information content (AvgIpc) is 2.18. The van der Waals surface area contributed by atoms with Crippen LogP contribution in [0.25, 0.3) is 0 Å². The molecule has 0 saturated carbocycles. The van der Waals surface area contributed by atoms with Crippen molar-refractivity contribution in [3.63, 3.8) is 0 Å². The normalized spacial score (nSPS) is 11.1. The summed E-state index contributed by atoms with van der Waals surface area (Å²) in [5.74, 6) is 0. The highest BCUT2D eigenvalue weighted by Crippen LogP contribution is 2.29. The maximum absolute atomic E-state index is 11.7. The van der Waals surface area contributed by atoms with E-state index < -0.39 is 11.7 Å². The second kappa shape index (κ2) is 5.38. The number of nitrogens with two attached hydrogens (primary N) is 1. The predicted molar refractivity (Wildman–Crippen MR) is 79.8 cm³/mol. The lowest BCUT2D eigenvalue weighted by atomic mass is 10.1. The van der Waals surface area contributed by atoms with E-state index >= 15 is 0 Å². The van der Waals surface area contributed by atoms with Crippen molar-refractivity contribution in [2.45, 2.75) is 33.3 Å². The zero-order valence-electron chi connectivity index (χ0n) is 12.5. The van der Waals surface area contributed by atoms with Crippen molar-refractivity contribution in [2.24, 2.45) is 0 Å². The summed E-state index contributed by atoms with van der Waals surface area (Å²) in [5.41, 5.74) is 8.51. The van der Waals surface area contributed by atoms with Gasteiger partial charge in [-0.05, 0) is 45.4 Å². The fourth-order valence-electron chi connectivity index (χ4n) is 1.72. The first-order valence-corrected chi connectivity index (χ1v) is 6.17. The van der Waals surface area contributed by atoms with Gasteiger partial charge >= 0.3 is 6.09 Å². The molecular weight excluding hydrogens is 242 g/mol. The standard InChI is InChI=1S/C14H23N3O2/c1-9-7-10(15)11(8-12(9)17(5)6)16-13(18)19-14(2,3)4/h7-8H,15H2,1-6H3,(H,16,18). The van der Waals surface area contributed by atoms with Gasteiger partial charge in [0.15, 0.2) is 0 Å². The zero-order valence-corrected chi connectivity index (χ0v) is 12.5. The molecule has 5 nitrogen and oxygen atoms in total. The molecule has 0 radical (unpaired) electrons. The lowest BCUT2D eigenvalue weighted by Crippen LogP contribution is -2.27. The number of rotatable bonds is 2. The predicted octanol–water partition coefficient (Wildman–Crippen LogP) is 2.99. The van der Waals surface area contributed by atoms with E-state index in [0.29, 0.717) is 11.4 Å². The van der Waals surface area contributed by atoms with Gasteiger partial charge in [-0.25, -0.2) is 4.79 Å². The van der Waals surface area contributed by atoms with Crippen LogP contribution in [0.1, 0.15) is 26.3 Å². The molecule has 1 rings (SSSR count). The van der Waals surface area contributed by atoms with Crippen LogP contribution in [-0.2, 0) is 4.74 Å². The van der Waals surface area contributed by atoms with Gasteiger partial charge in [-0.2, -0.15) is 0 Å². The van der Waals surface area contributed by atoms with E-state index in [0.717, 1.165) is 11.3 Å². The van der Waals surface area contributed by atoms with E-state index in [9.17, 15) is 4.79 Å². The minimum Gasteiger partial charge on any atom is -0.444 e. The Kier molecular flexibility index (Phi) is 4.29. The molecule has 106 valence electrons. The van der Waals surface area contributed by atoms with Crippen molar-refractivity contribution in [1.82, 2.24) is 0 Å². The number of benzene rings is 1. The number of hydrogen-bond acceptors (Lipinski definition) is 4. The van der Waals surface area contributed by atoms with Crippen LogP contribution in [0, 0.1) is 6.92 Å². The lowest BCUT2D eigenvalue weighted by Gasteiger charge is -2.22. The van der Waals surface area contributed by atoms with Gasteiger partial charge in [-0.1, -0.05) is 0 Å². The van der Waals surface area contributed by atoms with Gasteiger partial charge in [-0.15, -0.1) is 0 Å². The molecule has 0 heterocycles. The number of hydrogen-bond donors (Lipinski definition) is 2. The summed E-state index contributed by atoms with van der Waals surface area (Å²) in [6, 6.07) is 3.68. The number of nitrogens with zero attached hydrogens (tertiary/aromatic N) is 1. The van der Waals surface area contributed by atoms with Crippen LogP contribution < -0.4 is 16.0 Å². The highest BCUT2D eigenvalue weighted by atomic mass is 16.6. The quantitative estimate of drug-likeness (QED) is 0.807. The highest BCUT2D eigenvalue weighted by molar-refractivity contribution is 5.90. The summed E-state index contributed by atoms with van der Waals surface area (Å²) >= 11 is 0. The van der Waals surface area contributed by atoms with E-state index in [1.165, 1.54) is 0 Å². The Morgan fingerprint density at radius 1 is 1.32 bits per heavy atom. The molecular formula is C14H23N3O2. The first-order valence-electron chi connectivity index (χ1n) is 6.17. The van der Waals surface area contributed by atoms with E-state index in [4.69, 9.17) is 10.5 Å². The number of carbonyl (C=O) groups excluding carboxylic acids is 1. The molecule has 0 aliphatic heterocycles. The zero-order chi connectivity index (χ0) is 14.8. The molecule has 0 aliphatic carbocycles. The lowest BCUT2D eigenvalue weighted by molar-refractivity contribution is 0.0636. The Balaban J connectivity index is 2.95. The van der Waals surface area contributed by atoms with Gasteiger partial charge in [0.1, 0.15) is 5.60 Å². The van der Waals surface area contributed by atoms with Crippen LogP contribution in [0.2, 0.25) is 0 Å². The van der Waals surface area contributed by atoms with Crippen LogP contribution in [-0.4, -0.2) is 25.8 Å². The van der Waals surface area contributed by atoms with Gasteiger partial charge in [0, 0.05) is 19.8 Å². The maximum atomic E-state index is 11.7. The Morgan fingerprint density at radius 3 is 2.37 bits per heavy atom. The van der Waals surface area contributed by atoms with Crippen LogP contribution in [0.3, 0.4) is 0 Å². The topological polar surface area (TPSA) is 67.6 Å². The number of aryl methyl sites for hydroxylation is 1. The first-order chi connectivity index (χ1) is 8.60. The molecule has 0 spiro atoms. The minimum atomic E-state index is -0.534. The Bertz CT molecular complexity index is 476. The molecule has 0 fully saturated rings. The first kappa shape index (κ1) is 15.1. The van der Waals surface area contributed by atoms with Gasteiger partial charge < -0.3 is 15.4 Å². The summed E-state index contributed by atoms with van der Waals surface area (Å²) in [7, 11) is 3.88. The fraction of sp³-hybridized carbons (Fsp3) is 0.500. The molecule has 0 aromatic heterocycles. The fourth-order valence-corrected chi connectivity index (χ4v) is 1.72. The summed E-state index contributed by atoms with van der Waals surface area (Å²) in [6.45, 7) is 7.42. The molecule has 19 heavy (non-hydrogen) atoms. The van der Waals surface area contributed by atoms with E-state index in [-0.39, 0.29) is 0 Å². The molecule has 0 unspecified atom stereocenters. The molecule has 1 aromatic carbocycles. The molecule has 1 amide bonds. The number of carbonyl (C=O) groups is 1. The molecule has 5 heteroatoms. The van der Waals surface area contributed by atoms with E-state index in [1.807, 2.05) is 58.8 Å². The van der Waals surface area contributed by atoms with Crippen LogP contribution in [0.4, 0.5) is 21.9 Å². The van der Waals surface area contributed by atoms with Crippen molar-refractivity contribution < 1.29 is 9.53 Å². The van der Waals surface area contributed by atoms with Gasteiger partial charge in [0.25, 0.3) is 0 Å². The number of ether oxygens (including phenoxy) is 1. The third-order valence-electron chi connectivity index (χ3n) is 2.49. The second-order valence-corrected chi connectivity index (χ2v) is 5.75. The van der Waals surface area contributed by atoms with Gasteiger partial charge in [0.05, 0.1) is 11.4 Å². The Labute approximate surface area is 114 Å². The van der Waals surface area contributed by atoms with Crippen LogP contribution in [0.15, 0.2) is 12.1 Å². The molecule has 1 aromatic rings. The van der Waals surface area contributed by atoms with E-state index in [2.05, 4.69) is 5.32 Å². The number of nitrogens with one attached hydrogen (secondary N) is 1. The summed E-state index contributed by atoms with van der Waals surface area (Å²) < 4.78 is 5.21. The largest absolute Gasteiger partial charge is 0.444 e. The van der Waals surface area contributed by atoms with Crippen LogP contribution >= 0.6 is 0 Å². The Morgan fingerprint density at radius 2 is 1.89 bits per heavy atom. The van der Waals surface area contributed by atoms with Gasteiger partial charge in [-0.3, -0.25) is 5.32 Å². The van der Waals surface area contributed by atoms with Crippen molar-refractivity contribution in [1.29, 1.82) is 0 Å². The number of anilines is 3. The minimum absolute atomic E-state index is 0.507. The Hall–Kier alpha value is -1.91. The van der Waals surface area contributed by atoms with Crippen molar-refractivity contribution in [2.75, 3.05) is 30.0 Å². The van der Waals surface area contributed by atoms with Crippen LogP contribution in [0.5, 0.6) is 0 Å². The smallest absolute Gasteiger partial charge is 0.412 e. The SMILES string of the molecule is Cc1cc(N)c(NC(=O)OC(C)(C)C)cc1N(C)C. The molecule has 3 N–H and O–H groups in total. The summed E-state index contributed by atoms with van der Waals surface area (Å²) in [4.78, 5) is 13.7. The molecule has 0 atom stereocenters. The van der Waals surface area contributed by atoms with Gasteiger partial charge in [0.2, 0.25) is 0 Å². The van der Waals surface area contributed by atoms with Crippen molar-refractivity contribution >= 4 is 23.2 Å². The van der Waals surface area contributed by atoms with Crippen molar-refractivity contribution in [3.05, 3.63) is 17.7 Å². The number of amides is 1. The third kappa shape index (κ3) is 4.35. The third-order valence-corrected chi connectivity index (χ3v) is 2.49. The molecule has 0 aliphatic rings. The number of nitrogen functional groups attached to an aromatic ring is 1. The monoisotopic (exact) mass is 265 g/mol. The van der Waals surface area contributed by atoms with Crippen molar-refractivity contribution in [3.8, 4) is 0 Å². The molecule has 0 bridgehead atoms. The average molecular weight is 265 g/mol. The summed E-state index contributed by atoms with van der Waals surface area (Å²) in [6.07, 6.45) is -0.507. The highest BCUT2D eigenvalue weighted by Gasteiger charge is 2.17.